The molecule has 0 saturated heterocycles. The predicted octanol–water partition coefficient (Wildman–Crippen LogP) is 12.5. The molecule has 8 aromatic rings. The van der Waals surface area contributed by atoms with Gasteiger partial charge in [0, 0.05) is 27.8 Å². The van der Waals surface area contributed by atoms with E-state index < -0.39 is 0 Å². The standard InChI is InChI=1S/C55H46N2O/c1-36-24-25-41-33-51(57(50-32-40-16-9-8-15-39(40)31-37(50)2)55(3)29-28-38-14-7-10-17-42(38)35-55)45-27-26-44(34-48(45)47(41)30-36)56(43-18-5-4-6-19-43)49-21-13-23-53-54(49)46-20-11-12-22-52(46)58-53/h4-29,31-34,36-37,50H,30,35H2,1-3H3. The highest BCUT2D eigenvalue weighted by atomic mass is 16.3. The average molecular weight is 751 g/mol. The summed E-state index contributed by atoms with van der Waals surface area (Å²) in [5.41, 5.74) is 11.6. The highest BCUT2D eigenvalue weighted by Gasteiger charge is 2.40. The quantitative estimate of drug-likeness (QED) is 0.169. The number of hydrogen-bond donors (Lipinski definition) is 0. The molecule has 0 N–H and O–H groups in total. The lowest BCUT2D eigenvalue weighted by Gasteiger charge is -2.49. The van der Waals surface area contributed by atoms with Crippen molar-refractivity contribution in [3.63, 3.8) is 0 Å². The van der Waals surface area contributed by atoms with Gasteiger partial charge >= 0.3 is 0 Å². The van der Waals surface area contributed by atoms with E-state index in [4.69, 9.17) is 4.42 Å². The molecule has 0 saturated carbocycles. The molecule has 1 heterocycles. The normalized spacial score (nSPS) is 20.6. The first-order valence-electron chi connectivity index (χ1n) is 20.8. The minimum atomic E-state index is -0.288. The zero-order valence-corrected chi connectivity index (χ0v) is 33.3. The van der Waals surface area contributed by atoms with Gasteiger partial charge in [0.15, 0.2) is 0 Å². The molecule has 282 valence electrons. The fraction of sp³-hybridized carbons (Fsp3) is 0.164. The van der Waals surface area contributed by atoms with Gasteiger partial charge in [-0.3, -0.25) is 0 Å². The van der Waals surface area contributed by atoms with Crippen LogP contribution in [0.5, 0.6) is 0 Å². The van der Waals surface area contributed by atoms with Gasteiger partial charge in [0.1, 0.15) is 11.2 Å². The van der Waals surface area contributed by atoms with Crippen molar-refractivity contribution >= 4 is 79.8 Å². The second-order valence-corrected chi connectivity index (χ2v) is 16.9. The van der Waals surface area contributed by atoms with Gasteiger partial charge in [0.25, 0.3) is 0 Å². The third kappa shape index (κ3) is 5.63. The largest absolute Gasteiger partial charge is 0.456 e. The summed E-state index contributed by atoms with van der Waals surface area (Å²) in [6, 6.07) is 53.3. The van der Waals surface area contributed by atoms with Crippen molar-refractivity contribution in [2.24, 2.45) is 11.8 Å². The van der Waals surface area contributed by atoms with Crippen LogP contribution in [0.2, 0.25) is 0 Å². The maximum Gasteiger partial charge on any atom is 0.137 e. The molecule has 0 amide bonds. The molecular weight excluding hydrogens is 705 g/mol. The number of anilines is 4. The second-order valence-electron chi connectivity index (χ2n) is 16.9. The smallest absolute Gasteiger partial charge is 0.137 e. The number of allylic oxidation sites excluding steroid dienone is 1. The first kappa shape index (κ1) is 34.7. The summed E-state index contributed by atoms with van der Waals surface area (Å²) in [5, 5.41) is 7.47. The summed E-state index contributed by atoms with van der Waals surface area (Å²) in [7, 11) is 0. The molecule has 3 nitrogen and oxygen atoms in total. The molecule has 0 bridgehead atoms. The van der Waals surface area contributed by atoms with E-state index >= 15 is 0 Å². The number of nitrogens with zero attached hydrogens (tertiary/aromatic N) is 2. The Hall–Kier alpha value is -6.58. The third-order valence-corrected chi connectivity index (χ3v) is 12.9. The average Bonchev–Trinajstić information content (AvgIpc) is 3.64. The molecule has 1 aromatic heterocycles. The van der Waals surface area contributed by atoms with Crippen LogP contribution in [0, 0.1) is 11.8 Å². The van der Waals surface area contributed by atoms with Crippen molar-refractivity contribution in [2.75, 3.05) is 9.80 Å². The van der Waals surface area contributed by atoms with Gasteiger partial charge in [-0.2, -0.15) is 0 Å². The number of benzene rings is 7. The Morgan fingerprint density at radius 2 is 1.36 bits per heavy atom. The van der Waals surface area contributed by atoms with Crippen LogP contribution in [0.15, 0.2) is 162 Å². The summed E-state index contributed by atoms with van der Waals surface area (Å²) in [6.07, 6.45) is 16.5. The minimum Gasteiger partial charge on any atom is -0.456 e. The predicted molar refractivity (Wildman–Crippen MR) is 245 cm³/mol. The number of hydrogen-bond acceptors (Lipinski definition) is 3. The lowest BCUT2D eigenvalue weighted by Crippen LogP contribution is -2.56. The van der Waals surface area contributed by atoms with E-state index in [0.29, 0.717) is 5.92 Å². The Kier molecular flexibility index (Phi) is 8.08. The summed E-state index contributed by atoms with van der Waals surface area (Å²) in [6.45, 7) is 7.19. The van der Waals surface area contributed by atoms with E-state index in [2.05, 4.69) is 207 Å². The molecule has 0 radical (unpaired) electrons. The zero-order valence-electron chi connectivity index (χ0n) is 33.3. The van der Waals surface area contributed by atoms with E-state index in [-0.39, 0.29) is 17.5 Å². The van der Waals surface area contributed by atoms with Crippen molar-refractivity contribution in [1.82, 2.24) is 0 Å². The fourth-order valence-corrected chi connectivity index (χ4v) is 10.1. The van der Waals surface area contributed by atoms with Crippen molar-refractivity contribution in [1.29, 1.82) is 0 Å². The lowest BCUT2D eigenvalue weighted by molar-refractivity contribution is 0.452. The Morgan fingerprint density at radius 3 is 2.24 bits per heavy atom. The Morgan fingerprint density at radius 1 is 0.603 bits per heavy atom. The number of para-hydroxylation sites is 2. The number of rotatable bonds is 6. The lowest BCUT2D eigenvalue weighted by atomic mass is 9.79. The molecular formula is C55H46N2O. The minimum absolute atomic E-state index is 0.134. The first-order valence-corrected chi connectivity index (χ1v) is 20.8. The molecule has 11 rings (SSSR count). The van der Waals surface area contributed by atoms with Crippen LogP contribution in [-0.4, -0.2) is 11.6 Å². The topological polar surface area (TPSA) is 19.6 Å². The van der Waals surface area contributed by atoms with Crippen molar-refractivity contribution in [3.05, 3.63) is 190 Å². The van der Waals surface area contributed by atoms with Crippen molar-refractivity contribution in [3.8, 4) is 0 Å². The fourth-order valence-electron chi connectivity index (χ4n) is 10.1. The third-order valence-electron chi connectivity index (χ3n) is 12.9. The van der Waals surface area contributed by atoms with Crippen LogP contribution in [-0.2, 0) is 12.8 Å². The first-order chi connectivity index (χ1) is 28.4. The molecule has 3 aliphatic carbocycles. The zero-order chi connectivity index (χ0) is 39.0. The Balaban J connectivity index is 1.17. The molecule has 3 aliphatic rings. The van der Waals surface area contributed by atoms with Gasteiger partial charge in [0.05, 0.1) is 22.7 Å². The van der Waals surface area contributed by atoms with Crippen LogP contribution in [0.25, 0.3) is 57.0 Å². The molecule has 0 aliphatic heterocycles. The summed E-state index contributed by atoms with van der Waals surface area (Å²) >= 11 is 0. The van der Waals surface area contributed by atoms with Crippen molar-refractivity contribution < 1.29 is 4.42 Å². The highest BCUT2D eigenvalue weighted by Crippen LogP contribution is 2.48. The van der Waals surface area contributed by atoms with Gasteiger partial charge < -0.3 is 14.2 Å². The van der Waals surface area contributed by atoms with Gasteiger partial charge in [-0.15, -0.1) is 0 Å². The van der Waals surface area contributed by atoms with Gasteiger partial charge in [0.2, 0.25) is 0 Å². The maximum atomic E-state index is 6.44. The van der Waals surface area contributed by atoms with Crippen LogP contribution in [0.4, 0.5) is 22.7 Å². The van der Waals surface area contributed by atoms with E-state index in [1.54, 1.807) is 0 Å². The molecule has 4 atom stereocenters. The molecule has 7 aromatic carbocycles. The van der Waals surface area contributed by atoms with Crippen molar-refractivity contribution in [2.45, 2.75) is 45.2 Å². The molecule has 3 heteroatoms. The monoisotopic (exact) mass is 750 g/mol. The van der Waals surface area contributed by atoms with Gasteiger partial charge in [-0.1, -0.05) is 147 Å². The van der Waals surface area contributed by atoms with E-state index in [1.807, 2.05) is 6.07 Å². The molecule has 58 heavy (non-hydrogen) atoms. The molecule has 0 fully saturated rings. The number of furan rings is 1. The van der Waals surface area contributed by atoms with Crippen LogP contribution in [0.1, 0.15) is 43.0 Å². The number of fused-ring (bicyclic) bond motifs is 8. The van der Waals surface area contributed by atoms with Gasteiger partial charge in [-0.05, 0) is 118 Å². The molecule has 4 unspecified atom stereocenters. The van der Waals surface area contributed by atoms with Crippen LogP contribution in [0.3, 0.4) is 0 Å². The van der Waals surface area contributed by atoms with Gasteiger partial charge in [-0.25, -0.2) is 0 Å². The van der Waals surface area contributed by atoms with E-state index in [9.17, 15) is 0 Å². The highest BCUT2D eigenvalue weighted by molar-refractivity contribution is 6.14. The van der Waals surface area contributed by atoms with E-state index in [1.165, 1.54) is 49.2 Å². The summed E-state index contributed by atoms with van der Waals surface area (Å²) in [4.78, 5) is 5.20. The molecule has 0 spiro atoms. The summed E-state index contributed by atoms with van der Waals surface area (Å²) in [5.74, 6) is 0.739. The van der Waals surface area contributed by atoms with E-state index in [0.717, 1.165) is 51.8 Å². The maximum absolute atomic E-state index is 6.44. The summed E-state index contributed by atoms with van der Waals surface area (Å²) < 4.78 is 6.44. The SMILES string of the molecule is CC1C=Cc2cc(N(C3C=c4ccccc4=CC3C)C3(C)C=Cc4ccccc4C3)c3ccc(N(c4ccccc4)c4cccc5oc6ccccc6c45)cc3c2C1. The Bertz CT molecular complexity index is 3100. The van der Waals surface area contributed by atoms with Crippen LogP contribution < -0.4 is 20.2 Å². The van der Waals surface area contributed by atoms with Crippen LogP contribution >= 0.6 is 0 Å². The Labute approximate surface area is 340 Å². The second kappa shape index (κ2) is 13.5.